The lowest BCUT2D eigenvalue weighted by molar-refractivity contribution is -0.121. The van der Waals surface area contributed by atoms with Crippen LogP contribution < -0.4 is 5.73 Å². The third-order valence-corrected chi connectivity index (χ3v) is 1.36. The summed E-state index contributed by atoms with van der Waals surface area (Å²) in [5.41, 5.74) is 4.93. The number of carbonyl (C=O) groups excluding carboxylic acids is 1. The van der Waals surface area contributed by atoms with Crippen LogP contribution in [0.5, 0.6) is 0 Å². The van der Waals surface area contributed by atoms with Gasteiger partial charge in [0.25, 0.3) is 0 Å². The summed E-state index contributed by atoms with van der Waals surface area (Å²) in [6, 6.07) is 0. The minimum Gasteiger partial charge on any atom is -0.410 e. The van der Waals surface area contributed by atoms with Crippen molar-refractivity contribution in [2.45, 2.75) is 13.3 Å². The lowest BCUT2D eigenvalue weighted by Gasteiger charge is -2.02. The van der Waals surface area contributed by atoms with Crippen LogP contribution in [-0.2, 0) is 4.79 Å². The summed E-state index contributed by atoms with van der Waals surface area (Å²) in [4.78, 5) is 10.4. The van der Waals surface area contributed by atoms with Gasteiger partial charge in [-0.05, 0) is 0 Å². The van der Waals surface area contributed by atoms with Crippen molar-refractivity contribution >= 4 is 23.6 Å². The molecule has 5 heteroatoms. The topological polar surface area (TPSA) is 75.7 Å². The molecule has 0 saturated heterocycles. The van der Waals surface area contributed by atoms with E-state index in [4.69, 9.17) is 10.9 Å². The summed E-state index contributed by atoms with van der Waals surface area (Å²) in [5, 5.41) is 11.1. The Balaban J connectivity index is 3.80. The number of rotatable bonds is 3. The quantitative estimate of drug-likeness (QED) is 0.182. The van der Waals surface area contributed by atoms with Crippen LogP contribution in [0.2, 0.25) is 0 Å². The molecule has 0 rings (SSSR count). The van der Waals surface area contributed by atoms with Crippen LogP contribution in [0, 0.1) is 5.92 Å². The third-order valence-electron chi connectivity index (χ3n) is 1.09. The summed E-state index contributed by atoms with van der Waals surface area (Å²) >= 11 is 3.76. The van der Waals surface area contributed by atoms with E-state index in [0.29, 0.717) is 0 Å². The molecule has 0 spiro atoms. The Hall–Kier alpha value is -0.710. The van der Waals surface area contributed by atoms with E-state index in [9.17, 15) is 4.79 Å². The molecule has 58 valence electrons. The molecule has 0 saturated carbocycles. The largest absolute Gasteiger partial charge is 0.410 e. The van der Waals surface area contributed by atoms with Crippen LogP contribution in [0.1, 0.15) is 13.3 Å². The number of hydrogen-bond donors (Lipinski definition) is 3. The zero-order valence-corrected chi connectivity index (χ0v) is 6.51. The predicted octanol–water partition coefficient (Wildman–Crippen LogP) is 0.215. The molecule has 1 atom stereocenters. The van der Waals surface area contributed by atoms with E-state index in [1.54, 1.807) is 6.92 Å². The monoisotopic (exact) mass is 162 g/mol. The smallest absolute Gasteiger partial charge is 0.220 e. The van der Waals surface area contributed by atoms with Crippen LogP contribution >= 0.6 is 12.6 Å². The molecule has 10 heavy (non-hydrogen) atoms. The Kier molecular flexibility index (Phi) is 3.87. The molecule has 0 fully saturated rings. The van der Waals surface area contributed by atoms with E-state index in [0.717, 1.165) is 0 Å². The van der Waals surface area contributed by atoms with Crippen molar-refractivity contribution < 1.29 is 10.0 Å². The van der Waals surface area contributed by atoms with Crippen LogP contribution in [0.25, 0.3) is 0 Å². The van der Waals surface area contributed by atoms with Gasteiger partial charge in [0.05, 0.1) is 0 Å². The number of nitrogens with two attached hydrogens (primary N) is 1. The second kappa shape index (κ2) is 4.16. The zero-order chi connectivity index (χ0) is 8.15. The van der Waals surface area contributed by atoms with E-state index in [2.05, 4.69) is 17.8 Å². The van der Waals surface area contributed by atoms with E-state index < -0.39 is 5.91 Å². The molecule has 0 aliphatic carbocycles. The van der Waals surface area contributed by atoms with Gasteiger partial charge in [0.1, 0.15) is 5.04 Å². The SMILES string of the molecule is C[C@@H](C/C(S)=N/O)C(N)=O. The van der Waals surface area contributed by atoms with Gasteiger partial charge in [0.2, 0.25) is 5.91 Å². The molecule has 0 aliphatic heterocycles. The molecule has 0 bridgehead atoms. The van der Waals surface area contributed by atoms with Crippen molar-refractivity contribution in [2.24, 2.45) is 16.8 Å². The maximum Gasteiger partial charge on any atom is 0.220 e. The number of primary amides is 1. The van der Waals surface area contributed by atoms with Gasteiger partial charge >= 0.3 is 0 Å². The van der Waals surface area contributed by atoms with Gasteiger partial charge in [-0.15, -0.1) is 12.6 Å². The second-order valence-corrected chi connectivity index (χ2v) is 2.54. The van der Waals surface area contributed by atoms with E-state index in [1.807, 2.05) is 0 Å². The highest BCUT2D eigenvalue weighted by atomic mass is 32.1. The average Bonchev–Trinajstić information content (AvgIpc) is 1.87. The lowest BCUT2D eigenvalue weighted by Crippen LogP contribution is -2.21. The molecule has 0 unspecified atom stereocenters. The lowest BCUT2D eigenvalue weighted by atomic mass is 10.1. The van der Waals surface area contributed by atoms with Crippen molar-refractivity contribution in [2.75, 3.05) is 0 Å². The van der Waals surface area contributed by atoms with Crippen molar-refractivity contribution in [3.63, 3.8) is 0 Å². The van der Waals surface area contributed by atoms with Crippen molar-refractivity contribution in [3.05, 3.63) is 0 Å². The highest BCUT2D eigenvalue weighted by Gasteiger charge is 2.09. The second-order valence-electron chi connectivity index (χ2n) is 2.02. The maximum absolute atomic E-state index is 10.4. The standard InChI is InChI=1S/C5H10N2O2S/c1-3(5(6)8)2-4(10)7-9/h3,9H,2H2,1H3,(H2,6,8)(H,7,10)/t3-/m0/s1. The van der Waals surface area contributed by atoms with Crippen LogP contribution in [0.3, 0.4) is 0 Å². The average molecular weight is 162 g/mol. The van der Waals surface area contributed by atoms with Gasteiger partial charge < -0.3 is 10.9 Å². The van der Waals surface area contributed by atoms with E-state index in [-0.39, 0.29) is 17.4 Å². The van der Waals surface area contributed by atoms with E-state index in [1.165, 1.54) is 0 Å². The fourth-order valence-corrected chi connectivity index (χ4v) is 0.689. The van der Waals surface area contributed by atoms with Crippen LogP contribution in [0.15, 0.2) is 5.16 Å². The highest BCUT2D eigenvalue weighted by molar-refractivity contribution is 7.97. The first-order valence-corrected chi connectivity index (χ1v) is 3.22. The molecule has 0 radical (unpaired) electrons. The zero-order valence-electron chi connectivity index (χ0n) is 5.61. The van der Waals surface area contributed by atoms with Gasteiger partial charge in [-0.3, -0.25) is 4.79 Å². The molecule has 0 aliphatic rings. The molecule has 1 amide bonds. The summed E-state index contributed by atoms with van der Waals surface area (Å²) in [6.07, 6.45) is 0.287. The molecule has 3 N–H and O–H groups in total. The van der Waals surface area contributed by atoms with Gasteiger partial charge in [-0.2, -0.15) is 0 Å². The summed E-state index contributed by atoms with van der Waals surface area (Å²) in [7, 11) is 0. The summed E-state index contributed by atoms with van der Waals surface area (Å²) < 4.78 is 0. The number of hydrogen-bond acceptors (Lipinski definition) is 3. The van der Waals surface area contributed by atoms with Crippen LogP contribution in [0.4, 0.5) is 0 Å². The molecule has 0 aromatic heterocycles. The minimum atomic E-state index is -0.421. The normalized spacial score (nSPS) is 14.8. The molecule has 0 aromatic rings. The molecular weight excluding hydrogens is 152 g/mol. The predicted molar refractivity (Wildman–Crippen MR) is 41.2 cm³/mol. The number of amides is 1. The Morgan fingerprint density at radius 2 is 2.40 bits per heavy atom. The van der Waals surface area contributed by atoms with Crippen molar-refractivity contribution in [3.8, 4) is 0 Å². The van der Waals surface area contributed by atoms with Gasteiger partial charge in [-0.1, -0.05) is 12.1 Å². The van der Waals surface area contributed by atoms with Crippen molar-refractivity contribution in [1.29, 1.82) is 0 Å². The Bertz CT molecular complexity index is 158. The van der Waals surface area contributed by atoms with E-state index >= 15 is 0 Å². The van der Waals surface area contributed by atoms with Gasteiger partial charge in [-0.25, -0.2) is 0 Å². The summed E-state index contributed by atoms with van der Waals surface area (Å²) in [6.45, 7) is 1.64. The molecule has 0 aromatic carbocycles. The maximum atomic E-state index is 10.4. The molecule has 4 nitrogen and oxygen atoms in total. The Morgan fingerprint density at radius 3 is 2.70 bits per heavy atom. The van der Waals surface area contributed by atoms with Gasteiger partial charge in [0, 0.05) is 12.3 Å². The number of thiol groups is 1. The highest BCUT2D eigenvalue weighted by Crippen LogP contribution is 2.04. The fourth-order valence-electron chi connectivity index (χ4n) is 0.415. The Labute approximate surface area is 64.5 Å². The van der Waals surface area contributed by atoms with Gasteiger partial charge in [0.15, 0.2) is 0 Å². The number of carbonyl (C=O) groups is 1. The number of nitrogens with zero attached hydrogens (tertiary/aromatic N) is 1. The molecular formula is C5H10N2O2S. The summed E-state index contributed by atoms with van der Waals surface area (Å²) in [5.74, 6) is -0.751. The minimum absolute atomic E-state index is 0.214. The first kappa shape index (κ1) is 9.29. The van der Waals surface area contributed by atoms with Crippen LogP contribution in [-0.4, -0.2) is 16.2 Å². The molecule has 0 heterocycles. The number of oxime groups is 1. The Morgan fingerprint density at radius 1 is 1.90 bits per heavy atom. The first-order valence-electron chi connectivity index (χ1n) is 2.77. The third kappa shape index (κ3) is 3.34. The fraction of sp³-hybridized carbons (Fsp3) is 0.600. The first-order chi connectivity index (χ1) is 4.57. The van der Waals surface area contributed by atoms with Crippen molar-refractivity contribution in [1.82, 2.24) is 0 Å².